The maximum atomic E-state index is 13.1. The number of amides is 1. The molecular weight excluding hydrogens is 331 g/mol. The number of aromatic nitrogens is 3. The molecule has 0 atom stereocenters. The second kappa shape index (κ2) is 7.91. The van der Waals surface area contributed by atoms with Crippen molar-refractivity contribution < 1.29 is 9.18 Å². The second-order valence-corrected chi connectivity index (χ2v) is 6.19. The monoisotopic (exact) mass is 352 g/mol. The van der Waals surface area contributed by atoms with E-state index in [1.54, 1.807) is 35.7 Å². The Morgan fingerprint density at radius 2 is 1.81 bits per heavy atom. The van der Waals surface area contributed by atoms with Crippen molar-refractivity contribution in [2.45, 2.75) is 19.8 Å². The summed E-state index contributed by atoms with van der Waals surface area (Å²) < 4.78 is 14.6. The summed E-state index contributed by atoms with van der Waals surface area (Å²) in [5.74, 6) is 0.190. The highest BCUT2D eigenvalue weighted by Crippen LogP contribution is 2.12. The smallest absolute Gasteiger partial charge is 0.293 e. The molecule has 5 nitrogen and oxygen atoms in total. The van der Waals surface area contributed by atoms with Crippen molar-refractivity contribution >= 4 is 5.91 Å². The van der Waals surface area contributed by atoms with Crippen LogP contribution in [0, 0.1) is 12.7 Å². The summed E-state index contributed by atoms with van der Waals surface area (Å²) in [6, 6.07) is 16.1. The summed E-state index contributed by atoms with van der Waals surface area (Å²) in [5, 5.41) is 4.29. The number of carbonyl (C=O) groups is 1. The second-order valence-electron chi connectivity index (χ2n) is 6.19. The molecule has 26 heavy (non-hydrogen) atoms. The van der Waals surface area contributed by atoms with Gasteiger partial charge in [-0.15, -0.1) is 5.10 Å². The Kier molecular flexibility index (Phi) is 5.41. The average molecular weight is 352 g/mol. The highest BCUT2D eigenvalue weighted by atomic mass is 19.1. The molecule has 0 radical (unpaired) electrons. The van der Waals surface area contributed by atoms with Gasteiger partial charge in [0.2, 0.25) is 5.82 Å². The largest absolute Gasteiger partial charge is 0.339 e. The minimum atomic E-state index is -0.319. The first-order valence-electron chi connectivity index (χ1n) is 8.53. The van der Waals surface area contributed by atoms with Crippen LogP contribution in [-0.2, 0) is 6.42 Å². The van der Waals surface area contributed by atoms with Gasteiger partial charge < -0.3 is 4.90 Å². The summed E-state index contributed by atoms with van der Waals surface area (Å²) in [5.41, 5.74) is 1.92. The van der Waals surface area contributed by atoms with Crippen LogP contribution in [0.15, 0.2) is 54.6 Å². The van der Waals surface area contributed by atoms with Crippen LogP contribution in [0.3, 0.4) is 0 Å². The first kappa shape index (κ1) is 17.8. The lowest BCUT2D eigenvalue weighted by atomic mass is 10.1. The van der Waals surface area contributed by atoms with E-state index in [-0.39, 0.29) is 17.5 Å². The molecular formula is C20H21FN4O. The summed E-state index contributed by atoms with van der Waals surface area (Å²) in [6.45, 7) is 2.39. The molecule has 0 N–H and O–H groups in total. The number of hydrogen-bond donors (Lipinski definition) is 0. The summed E-state index contributed by atoms with van der Waals surface area (Å²) >= 11 is 0. The quantitative estimate of drug-likeness (QED) is 0.683. The van der Waals surface area contributed by atoms with Crippen molar-refractivity contribution in [2.24, 2.45) is 0 Å². The molecule has 0 aliphatic carbocycles. The number of halogens is 1. The predicted octanol–water partition coefficient (Wildman–Crippen LogP) is 3.42. The molecule has 0 saturated heterocycles. The fourth-order valence-electron chi connectivity index (χ4n) is 2.74. The fourth-order valence-corrected chi connectivity index (χ4v) is 2.74. The van der Waals surface area contributed by atoms with Crippen LogP contribution in [0.4, 0.5) is 4.39 Å². The molecule has 6 heteroatoms. The molecule has 0 unspecified atom stereocenters. The van der Waals surface area contributed by atoms with Crippen molar-refractivity contribution in [1.82, 2.24) is 19.7 Å². The number of aryl methyl sites for hydroxylation is 2. The fraction of sp³-hybridized carbons (Fsp3) is 0.250. The van der Waals surface area contributed by atoms with Gasteiger partial charge in [-0.25, -0.2) is 14.1 Å². The van der Waals surface area contributed by atoms with E-state index >= 15 is 0 Å². The van der Waals surface area contributed by atoms with Gasteiger partial charge in [0.25, 0.3) is 5.91 Å². The standard InChI is InChI=1S/C20H21FN4O/c1-15-22-19(23-25(15)18-12-10-17(21)11-13-18)20(26)24(2)14-6-9-16-7-4-3-5-8-16/h3-5,7-8,10-13H,6,9,14H2,1-2H3. The maximum absolute atomic E-state index is 13.1. The number of carbonyl (C=O) groups excluding carboxylic acids is 1. The minimum Gasteiger partial charge on any atom is -0.339 e. The van der Waals surface area contributed by atoms with Crippen LogP contribution < -0.4 is 0 Å². The van der Waals surface area contributed by atoms with Crippen molar-refractivity contribution in [3.05, 3.63) is 77.6 Å². The molecule has 134 valence electrons. The van der Waals surface area contributed by atoms with E-state index in [0.29, 0.717) is 18.1 Å². The van der Waals surface area contributed by atoms with Gasteiger partial charge in [-0.05, 0) is 49.6 Å². The Balaban J connectivity index is 1.64. The topological polar surface area (TPSA) is 51.0 Å². The van der Waals surface area contributed by atoms with Gasteiger partial charge in [0.05, 0.1) is 5.69 Å². The molecule has 0 aliphatic rings. The molecule has 1 amide bonds. The Morgan fingerprint density at radius 3 is 2.50 bits per heavy atom. The van der Waals surface area contributed by atoms with E-state index in [1.807, 2.05) is 18.2 Å². The number of benzene rings is 2. The van der Waals surface area contributed by atoms with E-state index in [2.05, 4.69) is 22.2 Å². The van der Waals surface area contributed by atoms with Gasteiger partial charge in [0.15, 0.2) is 0 Å². The third-order valence-electron chi connectivity index (χ3n) is 4.18. The molecule has 1 aromatic heterocycles. The van der Waals surface area contributed by atoms with Gasteiger partial charge >= 0.3 is 0 Å². The van der Waals surface area contributed by atoms with E-state index < -0.39 is 0 Å². The minimum absolute atomic E-state index is 0.147. The lowest BCUT2D eigenvalue weighted by molar-refractivity contribution is 0.0781. The van der Waals surface area contributed by atoms with Crippen molar-refractivity contribution in [3.8, 4) is 5.69 Å². The summed E-state index contributed by atoms with van der Waals surface area (Å²) in [4.78, 5) is 18.5. The zero-order chi connectivity index (χ0) is 18.5. The molecule has 1 heterocycles. The zero-order valence-electron chi connectivity index (χ0n) is 14.9. The van der Waals surface area contributed by atoms with E-state index in [0.717, 1.165) is 12.8 Å². The third-order valence-corrected chi connectivity index (χ3v) is 4.18. The molecule has 0 bridgehead atoms. The SMILES string of the molecule is Cc1nc(C(=O)N(C)CCCc2ccccc2)nn1-c1ccc(F)cc1. The Labute approximate surface area is 152 Å². The number of rotatable bonds is 6. The number of hydrogen-bond acceptors (Lipinski definition) is 3. The highest BCUT2D eigenvalue weighted by molar-refractivity contribution is 5.90. The lowest BCUT2D eigenvalue weighted by Gasteiger charge is -2.15. The molecule has 3 rings (SSSR count). The van der Waals surface area contributed by atoms with Crippen LogP contribution in [-0.4, -0.2) is 39.2 Å². The van der Waals surface area contributed by atoms with Crippen LogP contribution in [0.5, 0.6) is 0 Å². The summed E-state index contributed by atoms with van der Waals surface area (Å²) in [6.07, 6.45) is 1.78. The van der Waals surface area contributed by atoms with Gasteiger partial charge in [0, 0.05) is 13.6 Å². The lowest BCUT2D eigenvalue weighted by Crippen LogP contribution is -2.29. The first-order valence-corrected chi connectivity index (χ1v) is 8.53. The van der Waals surface area contributed by atoms with E-state index in [4.69, 9.17) is 0 Å². The Hall–Kier alpha value is -3.02. The Morgan fingerprint density at radius 1 is 1.12 bits per heavy atom. The van der Waals surface area contributed by atoms with Gasteiger partial charge in [-0.2, -0.15) is 0 Å². The molecule has 0 spiro atoms. The normalized spacial score (nSPS) is 10.7. The maximum Gasteiger partial charge on any atom is 0.293 e. The molecule has 3 aromatic rings. The van der Waals surface area contributed by atoms with Gasteiger partial charge in [-0.1, -0.05) is 30.3 Å². The van der Waals surface area contributed by atoms with Crippen LogP contribution in [0.25, 0.3) is 5.69 Å². The zero-order valence-corrected chi connectivity index (χ0v) is 14.9. The van der Waals surface area contributed by atoms with E-state index in [9.17, 15) is 9.18 Å². The Bertz CT molecular complexity index is 875. The first-order chi connectivity index (χ1) is 12.5. The van der Waals surface area contributed by atoms with Crippen molar-refractivity contribution in [3.63, 3.8) is 0 Å². The van der Waals surface area contributed by atoms with Gasteiger partial charge in [0.1, 0.15) is 11.6 Å². The predicted molar refractivity (Wildman–Crippen MR) is 97.8 cm³/mol. The third kappa shape index (κ3) is 4.14. The molecule has 0 fully saturated rings. The van der Waals surface area contributed by atoms with Crippen molar-refractivity contribution in [2.75, 3.05) is 13.6 Å². The van der Waals surface area contributed by atoms with Crippen LogP contribution in [0.1, 0.15) is 28.4 Å². The summed E-state index contributed by atoms with van der Waals surface area (Å²) in [7, 11) is 1.75. The molecule has 0 saturated carbocycles. The van der Waals surface area contributed by atoms with Crippen molar-refractivity contribution in [1.29, 1.82) is 0 Å². The molecule has 2 aromatic carbocycles. The highest BCUT2D eigenvalue weighted by Gasteiger charge is 2.18. The molecule has 0 aliphatic heterocycles. The van der Waals surface area contributed by atoms with Gasteiger partial charge in [-0.3, -0.25) is 4.79 Å². The average Bonchev–Trinajstić information content (AvgIpc) is 3.04. The van der Waals surface area contributed by atoms with E-state index in [1.165, 1.54) is 17.7 Å². The van der Waals surface area contributed by atoms with Crippen LogP contribution in [0.2, 0.25) is 0 Å². The van der Waals surface area contributed by atoms with Crippen LogP contribution >= 0.6 is 0 Å². The number of nitrogens with zero attached hydrogens (tertiary/aromatic N) is 4.